The number of ether oxygens (including phenoxy) is 1. The van der Waals surface area contributed by atoms with Gasteiger partial charge in [-0.3, -0.25) is 4.98 Å². The van der Waals surface area contributed by atoms with Gasteiger partial charge in [0.25, 0.3) is 0 Å². The van der Waals surface area contributed by atoms with E-state index in [1.54, 1.807) is 6.07 Å². The summed E-state index contributed by atoms with van der Waals surface area (Å²) in [5.41, 5.74) is 5.85. The zero-order valence-electron chi connectivity index (χ0n) is 19.5. The highest BCUT2D eigenvalue weighted by Crippen LogP contribution is 2.41. The van der Waals surface area contributed by atoms with E-state index in [1.165, 1.54) is 12.7 Å². The van der Waals surface area contributed by atoms with Crippen LogP contribution in [-0.2, 0) is 4.74 Å². The molecule has 172 valence electrons. The molecule has 0 aliphatic carbocycles. The van der Waals surface area contributed by atoms with Gasteiger partial charge in [-0.05, 0) is 74.4 Å². The molecule has 1 N–H and O–H groups in total. The zero-order chi connectivity index (χ0) is 23.5. The van der Waals surface area contributed by atoms with Crippen molar-refractivity contribution in [1.29, 1.82) is 0 Å². The largest absolute Gasteiger partial charge is 0.465 e. The number of methoxy groups -OCH3 is 1. The molecule has 1 aliphatic rings. The van der Waals surface area contributed by atoms with Crippen molar-refractivity contribution in [3.05, 3.63) is 82.9 Å². The molecule has 2 atom stereocenters. The first kappa shape index (κ1) is 23.0. The van der Waals surface area contributed by atoms with Crippen molar-refractivity contribution < 1.29 is 9.53 Å². The minimum absolute atomic E-state index is 0.0303. The first-order chi connectivity index (χ1) is 16.0. The molecule has 1 fully saturated rings. The average molecular weight is 463 g/mol. The summed E-state index contributed by atoms with van der Waals surface area (Å²) in [4.78, 5) is 19.0. The highest BCUT2D eigenvalue weighted by molar-refractivity contribution is 7.80. The summed E-state index contributed by atoms with van der Waals surface area (Å²) in [6, 6.07) is 15.8. The Morgan fingerprint density at radius 3 is 2.70 bits per heavy atom. The molecule has 1 saturated heterocycles. The lowest BCUT2D eigenvalue weighted by Gasteiger charge is -2.28. The van der Waals surface area contributed by atoms with E-state index in [2.05, 4.69) is 52.7 Å². The molecule has 2 aromatic heterocycles. The third kappa shape index (κ3) is 4.37. The maximum atomic E-state index is 12.1. The average Bonchev–Trinajstić information content (AvgIpc) is 3.32. The molecule has 0 saturated carbocycles. The van der Waals surface area contributed by atoms with Crippen LogP contribution in [-0.4, -0.2) is 39.2 Å². The van der Waals surface area contributed by atoms with Crippen LogP contribution in [0.5, 0.6) is 0 Å². The van der Waals surface area contributed by atoms with Gasteiger partial charge in [-0.15, -0.1) is 0 Å². The number of esters is 1. The highest BCUT2D eigenvalue weighted by atomic mass is 32.1. The quantitative estimate of drug-likeness (QED) is 0.392. The Kier molecular flexibility index (Phi) is 6.79. The number of benzene rings is 1. The fourth-order valence-electron chi connectivity index (χ4n) is 4.69. The van der Waals surface area contributed by atoms with Gasteiger partial charge in [0.1, 0.15) is 0 Å². The van der Waals surface area contributed by atoms with E-state index in [0.29, 0.717) is 5.56 Å². The van der Waals surface area contributed by atoms with Gasteiger partial charge in [-0.1, -0.05) is 25.5 Å². The number of carbonyl (C=O) groups is 1. The highest BCUT2D eigenvalue weighted by Gasteiger charge is 2.41. The molecular formula is C26H30N4O2S. The molecule has 1 aliphatic heterocycles. The van der Waals surface area contributed by atoms with E-state index in [1.807, 2.05) is 36.5 Å². The number of rotatable bonds is 7. The van der Waals surface area contributed by atoms with Crippen LogP contribution >= 0.6 is 12.2 Å². The second-order valence-electron chi connectivity index (χ2n) is 8.38. The van der Waals surface area contributed by atoms with Crippen LogP contribution in [0.2, 0.25) is 0 Å². The SMILES string of the molecule is CCCCN1C(=S)N[C@@H](c2ccccn2)[C@H]1c1cc(C)n(-c2cccc(C(=O)OC)c2)c1C. The Morgan fingerprint density at radius 2 is 2.00 bits per heavy atom. The van der Waals surface area contributed by atoms with Crippen LogP contribution in [0.3, 0.4) is 0 Å². The number of carbonyl (C=O) groups excluding carboxylic acids is 1. The topological polar surface area (TPSA) is 59.4 Å². The first-order valence-electron chi connectivity index (χ1n) is 11.3. The van der Waals surface area contributed by atoms with Crippen molar-refractivity contribution in [1.82, 2.24) is 19.8 Å². The Bertz CT molecular complexity index is 1160. The third-order valence-corrected chi connectivity index (χ3v) is 6.62. The van der Waals surface area contributed by atoms with Gasteiger partial charge in [-0.2, -0.15) is 0 Å². The molecule has 7 heteroatoms. The molecule has 0 unspecified atom stereocenters. The third-order valence-electron chi connectivity index (χ3n) is 6.26. The summed E-state index contributed by atoms with van der Waals surface area (Å²) < 4.78 is 7.11. The van der Waals surface area contributed by atoms with Gasteiger partial charge in [-0.25, -0.2) is 4.79 Å². The molecule has 6 nitrogen and oxygen atoms in total. The molecule has 33 heavy (non-hydrogen) atoms. The molecule has 4 rings (SSSR count). The lowest BCUT2D eigenvalue weighted by molar-refractivity contribution is 0.0600. The van der Waals surface area contributed by atoms with Crippen LogP contribution in [0.4, 0.5) is 0 Å². The van der Waals surface area contributed by atoms with Crippen LogP contribution in [0.25, 0.3) is 5.69 Å². The summed E-state index contributed by atoms with van der Waals surface area (Å²) in [6.45, 7) is 7.30. The van der Waals surface area contributed by atoms with E-state index in [4.69, 9.17) is 17.0 Å². The van der Waals surface area contributed by atoms with Crippen molar-refractivity contribution in [3.63, 3.8) is 0 Å². The molecule has 3 aromatic rings. The van der Waals surface area contributed by atoms with Gasteiger partial charge >= 0.3 is 5.97 Å². The second-order valence-corrected chi connectivity index (χ2v) is 8.76. The Balaban J connectivity index is 1.81. The summed E-state index contributed by atoms with van der Waals surface area (Å²) in [5, 5.41) is 4.29. The number of hydrogen-bond donors (Lipinski definition) is 1. The Morgan fingerprint density at radius 1 is 1.18 bits per heavy atom. The summed E-state index contributed by atoms with van der Waals surface area (Å²) >= 11 is 5.77. The molecule has 0 amide bonds. The maximum Gasteiger partial charge on any atom is 0.337 e. The number of unbranched alkanes of at least 4 members (excludes halogenated alkanes) is 1. The number of pyridine rings is 1. The minimum atomic E-state index is -0.342. The van der Waals surface area contributed by atoms with Crippen LogP contribution in [0, 0.1) is 13.8 Å². The van der Waals surface area contributed by atoms with Crippen LogP contribution < -0.4 is 5.32 Å². The van der Waals surface area contributed by atoms with E-state index in [9.17, 15) is 4.79 Å². The van der Waals surface area contributed by atoms with Gasteiger partial charge < -0.3 is 19.5 Å². The number of nitrogens with one attached hydrogen (secondary N) is 1. The predicted molar refractivity (Wildman–Crippen MR) is 134 cm³/mol. The molecule has 1 aromatic carbocycles. The number of hydrogen-bond acceptors (Lipinski definition) is 4. The van der Waals surface area contributed by atoms with Crippen LogP contribution in [0.1, 0.15) is 64.9 Å². The Hall–Kier alpha value is -3.19. The standard InChI is InChI=1S/C26H30N4O2S/c1-5-6-14-29-24(23(28-26(29)33)22-12-7-8-13-27-22)21-15-17(2)30(18(21)3)20-11-9-10-19(16-20)25(31)32-4/h7-13,15-16,23-24H,5-6,14H2,1-4H3,(H,28,33)/t23-,24+/m0/s1. The Labute approximate surface area is 200 Å². The second kappa shape index (κ2) is 9.75. The van der Waals surface area contributed by atoms with Crippen molar-refractivity contribution in [2.75, 3.05) is 13.7 Å². The van der Waals surface area contributed by atoms with Gasteiger partial charge in [0.15, 0.2) is 5.11 Å². The predicted octanol–water partition coefficient (Wildman–Crippen LogP) is 5.05. The first-order valence-corrected chi connectivity index (χ1v) is 11.7. The fourth-order valence-corrected chi connectivity index (χ4v) is 5.02. The lowest BCUT2D eigenvalue weighted by Crippen LogP contribution is -2.30. The van der Waals surface area contributed by atoms with Gasteiger partial charge in [0, 0.05) is 29.8 Å². The van der Waals surface area contributed by atoms with Crippen molar-refractivity contribution in [2.24, 2.45) is 0 Å². The van der Waals surface area contributed by atoms with Crippen molar-refractivity contribution in [2.45, 2.75) is 45.7 Å². The van der Waals surface area contributed by atoms with Crippen molar-refractivity contribution in [3.8, 4) is 5.69 Å². The van der Waals surface area contributed by atoms with Gasteiger partial charge in [0.2, 0.25) is 0 Å². The smallest absolute Gasteiger partial charge is 0.337 e. The number of nitrogens with zero attached hydrogens (tertiary/aromatic N) is 3. The summed E-state index contributed by atoms with van der Waals surface area (Å²) in [6.07, 6.45) is 3.99. The van der Waals surface area contributed by atoms with Gasteiger partial charge in [0.05, 0.1) is 30.5 Å². The molecule has 0 spiro atoms. The maximum absolute atomic E-state index is 12.1. The molecule has 0 radical (unpaired) electrons. The minimum Gasteiger partial charge on any atom is -0.465 e. The fraction of sp³-hybridized carbons (Fsp3) is 0.346. The normalized spacial score (nSPS) is 17.8. The van der Waals surface area contributed by atoms with E-state index in [-0.39, 0.29) is 18.1 Å². The number of aryl methyl sites for hydroxylation is 1. The van der Waals surface area contributed by atoms with E-state index < -0.39 is 0 Å². The number of thiocarbonyl (C=S) groups is 1. The number of aromatic nitrogens is 2. The molecule has 0 bridgehead atoms. The summed E-state index contributed by atoms with van der Waals surface area (Å²) in [7, 11) is 1.40. The summed E-state index contributed by atoms with van der Waals surface area (Å²) in [5.74, 6) is -0.342. The monoisotopic (exact) mass is 462 g/mol. The molecule has 3 heterocycles. The van der Waals surface area contributed by atoms with Crippen molar-refractivity contribution >= 4 is 23.3 Å². The van der Waals surface area contributed by atoms with Crippen LogP contribution in [0.15, 0.2) is 54.7 Å². The van der Waals surface area contributed by atoms with E-state index in [0.717, 1.165) is 47.3 Å². The van der Waals surface area contributed by atoms with E-state index >= 15 is 0 Å². The zero-order valence-corrected chi connectivity index (χ0v) is 20.4. The lowest BCUT2D eigenvalue weighted by atomic mass is 9.96. The molecular weight excluding hydrogens is 432 g/mol.